The predicted octanol–water partition coefficient (Wildman–Crippen LogP) is 6.56. The van der Waals surface area contributed by atoms with E-state index in [1.807, 2.05) is 69.6 Å². The van der Waals surface area contributed by atoms with E-state index in [1.165, 1.54) is 16.0 Å². The van der Waals surface area contributed by atoms with E-state index in [0.717, 1.165) is 36.8 Å². The van der Waals surface area contributed by atoms with E-state index in [0.29, 0.717) is 45.4 Å². The van der Waals surface area contributed by atoms with E-state index >= 15 is 0 Å². The van der Waals surface area contributed by atoms with Crippen molar-refractivity contribution in [1.82, 2.24) is 24.7 Å². The minimum atomic E-state index is -0.499. The molecule has 0 bridgehead atoms. The molecule has 1 aliphatic heterocycles. The van der Waals surface area contributed by atoms with Gasteiger partial charge < -0.3 is 19.3 Å². The first-order chi connectivity index (χ1) is 26.1. The summed E-state index contributed by atoms with van der Waals surface area (Å²) in [6.45, 7) is 8.12. The van der Waals surface area contributed by atoms with Crippen molar-refractivity contribution in [1.29, 1.82) is 0 Å². The Hall–Kier alpha value is -4.93. The van der Waals surface area contributed by atoms with Gasteiger partial charge in [-0.15, -0.1) is 0 Å². The zero-order valence-electron chi connectivity index (χ0n) is 32.4. The van der Waals surface area contributed by atoms with E-state index in [1.54, 1.807) is 24.4 Å². The number of esters is 1. The van der Waals surface area contributed by atoms with Crippen LogP contribution in [0.1, 0.15) is 74.8 Å². The van der Waals surface area contributed by atoms with Gasteiger partial charge in [-0.3, -0.25) is 29.3 Å². The Kier molecular flexibility index (Phi) is 17.3. The Morgan fingerprint density at radius 3 is 1.69 bits per heavy atom. The smallest absolute Gasteiger partial charge is 0.325 e. The number of amides is 2. The first kappa shape index (κ1) is 41.8. The fraction of sp³-hybridized carbons (Fsp3) is 0.432. The molecule has 288 valence electrons. The van der Waals surface area contributed by atoms with Crippen LogP contribution in [0.25, 0.3) is 0 Å². The minimum Gasteiger partial charge on any atom is -0.461 e. The highest BCUT2D eigenvalue weighted by Crippen LogP contribution is 2.29. The molecular formula is C44H57N5O5. The summed E-state index contributed by atoms with van der Waals surface area (Å²) in [6, 6.07) is 28.8. The monoisotopic (exact) mass is 735 g/mol. The van der Waals surface area contributed by atoms with Crippen LogP contribution in [0.3, 0.4) is 0 Å². The lowest BCUT2D eigenvalue weighted by molar-refractivity contribution is -0.153. The van der Waals surface area contributed by atoms with Crippen LogP contribution in [0.5, 0.6) is 0 Å². The van der Waals surface area contributed by atoms with E-state index < -0.39 is 5.97 Å². The van der Waals surface area contributed by atoms with Crippen molar-refractivity contribution >= 4 is 18.3 Å². The number of aromatic nitrogens is 2. The Balaban J connectivity index is 0.000001000. The standard InChI is InChI=1S/C39H45N5O4.C5H12O/c45-31-42(29-37(46)43-23-25-44(26-24-43)39(34-15-3-1-4-16-34)35-17-5-2-6-18-35)30-38(47)48-36(19-7-11-32-13-9-21-40-27-32)20-8-12-33-14-10-22-41-28-33;1-5(2,3)6-4/h1-6,9-10,13-18,21-22,27-28,31,36,39H,7-8,11-12,19-20,23-26,29-30H2;1-4H3. The van der Waals surface area contributed by atoms with Gasteiger partial charge >= 0.3 is 5.97 Å². The highest BCUT2D eigenvalue weighted by molar-refractivity contribution is 5.82. The summed E-state index contributed by atoms with van der Waals surface area (Å²) in [6.07, 6.45) is 12.2. The summed E-state index contributed by atoms with van der Waals surface area (Å²) < 4.78 is 10.8. The van der Waals surface area contributed by atoms with Gasteiger partial charge in [0.05, 0.1) is 11.6 Å². The zero-order chi connectivity index (χ0) is 38.6. The number of nitrogens with zero attached hydrogens (tertiary/aromatic N) is 5. The van der Waals surface area contributed by atoms with E-state index in [9.17, 15) is 14.4 Å². The molecule has 0 atom stereocenters. The highest BCUT2D eigenvalue weighted by Gasteiger charge is 2.29. The zero-order valence-corrected chi connectivity index (χ0v) is 32.4. The third-order valence-electron chi connectivity index (χ3n) is 9.42. The van der Waals surface area contributed by atoms with Crippen molar-refractivity contribution in [2.75, 3.05) is 46.4 Å². The Morgan fingerprint density at radius 2 is 1.26 bits per heavy atom. The van der Waals surface area contributed by atoms with Gasteiger partial charge in [0.2, 0.25) is 12.3 Å². The molecule has 1 aliphatic rings. The molecule has 10 heteroatoms. The first-order valence-corrected chi connectivity index (χ1v) is 19.0. The van der Waals surface area contributed by atoms with Crippen molar-refractivity contribution < 1.29 is 23.9 Å². The quantitative estimate of drug-likeness (QED) is 0.0888. The first-order valence-electron chi connectivity index (χ1n) is 19.0. The Morgan fingerprint density at radius 1 is 0.759 bits per heavy atom. The minimum absolute atomic E-state index is 0.0417. The molecule has 54 heavy (non-hydrogen) atoms. The summed E-state index contributed by atoms with van der Waals surface area (Å²) >= 11 is 0. The third kappa shape index (κ3) is 14.8. The lowest BCUT2D eigenvalue weighted by atomic mass is 9.96. The summed E-state index contributed by atoms with van der Waals surface area (Å²) in [5.74, 6) is -0.670. The van der Waals surface area contributed by atoms with Crippen molar-refractivity contribution in [3.63, 3.8) is 0 Å². The SMILES string of the molecule is COC(C)(C)C.O=CN(CC(=O)OC(CCCc1cccnc1)CCCc1cccnc1)CC(=O)N1CCN(C(c2ccccc2)c2ccccc2)CC1. The van der Waals surface area contributed by atoms with Crippen molar-refractivity contribution in [3.05, 3.63) is 132 Å². The molecule has 0 spiro atoms. The molecule has 4 aromatic rings. The van der Waals surface area contributed by atoms with Gasteiger partial charge in [0.25, 0.3) is 0 Å². The van der Waals surface area contributed by atoms with Gasteiger partial charge in [0.15, 0.2) is 0 Å². The largest absolute Gasteiger partial charge is 0.461 e. The average molecular weight is 736 g/mol. The van der Waals surface area contributed by atoms with Crippen LogP contribution < -0.4 is 0 Å². The molecule has 3 heterocycles. The van der Waals surface area contributed by atoms with Crippen LogP contribution >= 0.6 is 0 Å². The van der Waals surface area contributed by atoms with Crippen molar-refractivity contribution in [2.45, 2.75) is 77.0 Å². The number of rotatable bonds is 17. The van der Waals surface area contributed by atoms with E-state index in [-0.39, 0.29) is 36.7 Å². The number of hydrogen-bond donors (Lipinski definition) is 0. The highest BCUT2D eigenvalue weighted by atomic mass is 16.5. The van der Waals surface area contributed by atoms with Gasteiger partial charge in [-0.1, -0.05) is 72.8 Å². The molecule has 1 saturated heterocycles. The van der Waals surface area contributed by atoms with Crippen LogP contribution in [0.2, 0.25) is 0 Å². The second kappa shape index (κ2) is 22.3. The van der Waals surface area contributed by atoms with Crippen LogP contribution in [0.4, 0.5) is 0 Å². The molecule has 2 aromatic heterocycles. The normalized spacial score (nSPS) is 13.3. The van der Waals surface area contributed by atoms with Gasteiger partial charge in [-0.05, 0) is 93.7 Å². The van der Waals surface area contributed by atoms with Crippen LogP contribution in [-0.4, -0.2) is 101 Å². The molecule has 2 aromatic carbocycles. The molecule has 5 rings (SSSR count). The molecule has 0 aliphatic carbocycles. The second-order valence-corrected chi connectivity index (χ2v) is 14.6. The van der Waals surface area contributed by atoms with Gasteiger partial charge in [0, 0.05) is 58.1 Å². The maximum Gasteiger partial charge on any atom is 0.325 e. The second-order valence-electron chi connectivity index (χ2n) is 14.6. The fourth-order valence-electron chi connectivity index (χ4n) is 6.33. The third-order valence-corrected chi connectivity index (χ3v) is 9.42. The number of benzene rings is 2. The number of carbonyl (C=O) groups is 3. The topological polar surface area (TPSA) is 105 Å². The number of aryl methyl sites for hydroxylation is 2. The molecule has 10 nitrogen and oxygen atoms in total. The maximum absolute atomic E-state index is 13.3. The molecular weight excluding hydrogens is 679 g/mol. The lowest BCUT2D eigenvalue weighted by Crippen LogP contribution is -2.52. The number of methoxy groups -OCH3 is 1. The fourth-order valence-corrected chi connectivity index (χ4v) is 6.33. The van der Waals surface area contributed by atoms with Crippen LogP contribution in [-0.2, 0) is 36.7 Å². The summed E-state index contributed by atoms with van der Waals surface area (Å²) in [4.78, 5) is 52.1. The predicted molar refractivity (Wildman–Crippen MR) is 212 cm³/mol. The molecule has 0 saturated carbocycles. The molecule has 1 fully saturated rings. The maximum atomic E-state index is 13.3. The Labute approximate surface area is 321 Å². The summed E-state index contributed by atoms with van der Waals surface area (Å²) in [5.41, 5.74) is 4.74. The molecule has 0 N–H and O–H groups in total. The molecule has 2 amide bonds. The van der Waals surface area contributed by atoms with Gasteiger partial charge in [-0.25, -0.2) is 0 Å². The summed E-state index contributed by atoms with van der Waals surface area (Å²) in [5, 5.41) is 0. The number of hydrogen-bond acceptors (Lipinski definition) is 8. The average Bonchev–Trinajstić information content (AvgIpc) is 3.19. The van der Waals surface area contributed by atoms with E-state index in [2.05, 4.69) is 63.4 Å². The van der Waals surface area contributed by atoms with Gasteiger partial charge in [0.1, 0.15) is 19.2 Å². The van der Waals surface area contributed by atoms with Crippen molar-refractivity contribution in [3.8, 4) is 0 Å². The van der Waals surface area contributed by atoms with Crippen LogP contribution in [0, 0.1) is 0 Å². The van der Waals surface area contributed by atoms with Crippen LogP contribution in [0.15, 0.2) is 110 Å². The molecule has 0 unspecified atom stereocenters. The summed E-state index contributed by atoms with van der Waals surface area (Å²) in [7, 11) is 1.71. The number of piperazine rings is 1. The number of ether oxygens (including phenoxy) is 2. The number of carbonyl (C=O) groups excluding carboxylic acids is 3. The van der Waals surface area contributed by atoms with E-state index in [4.69, 9.17) is 9.47 Å². The van der Waals surface area contributed by atoms with Gasteiger partial charge in [-0.2, -0.15) is 0 Å². The Bertz CT molecular complexity index is 1560. The molecule has 0 radical (unpaired) electrons. The van der Waals surface area contributed by atoms with Crippen molar-refractivity contribution in [2.24, 2.45) is 0 Å². The lowest BCUT2D eigenvalue weighted by Gasteiger charge is -2.40. The number of pyridine rings is 2.